The second-order valence-corrected chi connectivity index (χ2v) is 8.11. The van der Waals surface area contributed by atoms with E-state index >= 15 is 0 Å². The number of nitrogens with zero attached hydrogens (tertiary/aromatic N) is 3. The van der Waals surface area contributed by atoms with Crippen LogP contribution in [0.5, 0.6) is 0 Å². The predicted octanol–water partition coefficient (Wildman–Crippen LogP) is 2.83. The summed E-state index contributed by atoms with van der Waals surface area (Å²) >= 11 is 1.27. The minimum absolute atomic E-state index is 0.125. The van der Waals surface area contributed by atoms with Crippen LogP contribution in [0.15, 0.2) is 68.1 Å². The van der Waals surface area contributed by atoms with Gasteiger partial charge in [-0.15, -0.1) is 11.3 Å². The number of hydrogen-bond donors (Lipinski definition) is 1. The van der Waals surface area contributed by atoms with Crippen molar-refractivity contribution in [3.63, 3.8) is 0 Å². The van der Waals surface area contributed by atoms with E-state index in [1.54, 1.807) is 41.8 Å². The van der Waals surface area contributed by atoms with Gasteiger partial charge in [0, 0.05) is 13.0 Å². The number of aromatic nitrogens is 2. The molecular weight excluding hydrogens is 428 g/mol. The Hall–Kier alpha value is -3.90. The molecule has 32 heavy (non-hydrogen) atoms. The summed E-state index contributed by atoms with van der Waals surface area (Å²) in [6.45, 7) is 0.595. The average molecular weight is 449 g/mol. The highest BCUT2D eigenvalue weighted by molar-refractivity contribution is 7.17. The van der Waals surface area contributed by atoms with E-state index in [0.717, 1.165) is 0 Å². The van der Waals surface area contributed by atoms with Crippen LogP contribution in [0.3, 0.4) is 0 Å². The fourth-order valence-electron chi connectivity index (χ4n) is 3.51. The second kappa shape index (κ2) is 9.49. The summed E-state index contributed by atoms with van der Waals surface area (Å²) in [6.07, 6.45) is 2.05. The van der Waals surface area contributed by atoms with Crippen molar-refractivity contribution in [2.24, 2.45) is 0 Å². The van der Waals surface area contributed by atoms with E-state index in [9.17, 15) is 19.6 Å². The Morgan fingerprint density at radius 3 is 2.75 bits per heavy atom. The van der Waals surface area contributed by atoms with Gasteiger partial charge in [-0.1, -0.05) is 18.2 Å². The molecule has 0 bridgehead atoms. The largest absolute Gasteiger partial charge is 0.467 e. The molecule has 0 unspecified atom stereocenters. The Bertz CT molecular complexity index is 1410. The van der Waals surface area contributed by atoms with E-state index in [1.165, 1.54) is 26.7 Å². The van der Waals surface area contributed by atoms with Gasteiger partial charge in [-0.3, -0.25) is 18.7 Å². The van der Waals surface area contributed by atoms with Gasteiger partial charge >= 0.3 is 5.69 Å². The first kappa shape index (κ1) is 21.3. The fourth-order valence-corrected chi connectivity index (χ4v) is 4.35. The molecule has 0 saturated carbocycles. The Kier molecular flexibility index (Phi) is 6.33. The second-order valence-electron chi connectivity index (χ2n) is 7.19. The van der Waals surface area contributed by atoms with Crippen LogP contribution in [0.25, 0.3) is 10.2 Å². The van der Waals surface area contributed by atoms with Crippen molar-refractivity contribution in [3.05, 3.63) is 91.8 Å². The van der Waals surface area contributed by atoms with Crippen molar-refractivity contribution >= 4 is 27.5 Å². The van der Waals surface area contributed by atoms with Crippen LogP contribution in [0.1, 0.15) is 29.7 Å². The Balaban J connectivity index is 1.54. The molecule has 3 aromatic heterocycles. The van der Waals surface area contributed by atoms with Crippen LogP contribution in [0.4, 0.5) is 0 Å². The number of carbonyl (C=O) groups is 1. The lowest BCUT2D eigenvalue weighted by atomic mass is 10.1. The quantitative estimate of drug-likeness (QED) is 0.446. The first-order chi connectivity index (χ1) is 15.6. The third-order valence-electron chi connectivity index (χ3n) is 5.13. The topological polar surface area (TPSA) is 110 Å². The molecule has 1 N–H and O–H groups in total. The van der Waals surface area contributed by atoms with Crippen LogP contribution in [0.2, 0.25) is 0 Å². The third kappa shape index (κ3) is 4.40. The van der Waals surface area contributed by atoms with E-state index in [-0.39, 0.29) is 37.5 Å². The predicted molar refractivity (Wildman–Crippen MR) is 120 cm³/mol. The zero-order valence-electron chi connectivity index (χ0n) is 17.1. The fraction of sp³-hybridized carbons (Fsp3) is 0.217. The van der Waals surface area contributed by atoms with Crippen molar-refractivity contribution in [2.75, 3.05) is 0 Å². The van der Waals surface area contributed by atoms with Gasteiger partial charge in [-0.2, -0.15) is 5.26 Å². The maximum atomic E-state index is 13.2. The van der Waals surface area contributed by atoms with E-state index in [2.05, 4.69) is 11.4 Å². The number of fused-ring (bicyclic) bond motifs is 1. The number of rotatable bonds is 8. The minimum atomic E-state index is -0.454. The van der Waals surface area contributed by atoms with Gasteiger partial charge in [0.05, 0.1) is 36.5 Å². The summed E-state index contributed by atoms with van der Waals surface area (Å²) < 4.78 is 8.34. The maximum Gasteiger partial charge on any atom is 0.331 e. The molecule has 3 heterocycles. The molecule has 8 nitrogen and oxygen atoms in total. The zero-order valence-corrected chi connectivity index (χ0v) is 17.9. The number of amides is 1. The summed E-state index contributed by atoms with van der Waals surface area (Å²) in [7, 11) is 0. The normalized spacial score (nSPS) is 10.8. The average Bonchev–Trinajstić information content (AvgIpc) is 3.50. The minimum Gasteiger partial charge on any atom is -0.467 e. The van der Waals surface area contributed by atoms with Gasteiger partial charge in [0.15, 0.2) is 0 Å². The van der Waals surface area contributed by atoms with Gasteiger partial charge < -0.3 is 9.73 Å². The number of benzene rings is 1. The van der Waals surface area contributed by atoms with Crippen LogP contribution in [0, 0.1) is 11.3 Å². The molecule has 0 aliphatic rings. The number of hydrogen-bond acceptors (Lipinski definition) is 6. The van der Waals surface area contributed by atoms with Crippen molar-refractivity contribution in [2.45, 2.75) is 32.5 Å². The molecule has 1 amide bonds. The monoisotopic (exact) mass is 448 g/mol. The van der Waals surface area contributed by atoms with Gasteiger partial charge in [0.2, 0.25) is 5.91 Å². The SMILES string of the molecule is N#Cc1ccccc1Cn1c(=O)n(CCCC(=O)NCc2ccco2)c(=O)c2sccc21. The standard InChI is InChI=1S/C23H20N4O4S/c24-13-16-5-1-2-6-17(16)15-27-19-9-12-32-21(19)22(29)26(23(27)30)10-3-8-20(28)25-14-18-7-4-11-31-18/h1-2,4-7,9,11-12H,3,8,10,14-15H2,(H,25,28). The van der Waals surface area contributed by atoms with Crippen LogP contribution in [-0.2, 0) is 24.4 Å². The van der Waals surface area contributed by atoms with Crippen molar-refractivity contribution in [1.29, 1.82) is 5.26 Å². The summed E-state index contributed by atoms with van der Waals surface area (Å²) in [4.78, 5) is 38.2. The van der Waals surface area contributed by atoms with Crippen molar-refractivity contribution < 1.29 is 9.21 Å². The molecule has 0 fully saturated rings. The third-order valence-corrected chi connectivity index (χ3v) is 6.02. The molecule has 162 valence electrons. The lowest BCUT2D eigenvalue weighted by Crippen LogP contribution is -2.40. The number of furan rings is 1. The first-order valence-corrected chi connectivity index (χ1v) is 10.9. The number of nitriles is 1. The van der Waals surface area contributed by atoms with Gasteiger partial charge in [0.1, 0.15) is 10.5 Å². The Labute approximate surface area is 187 Å². The molecule has 4 aromatic rings. The lowest BCUT2D eigenvalue weighted by Gasteiger charge is -2.13. The van der Waals surface area contributed by atoms with E-state index in [0.29, 0.717) is 33.5 Å². The molecule has 0 spiro atoms. The molecule has 1 aromatic carbocycles. The zero-order chi connectivity index (χ0) is 22.5. The van der Waals surface area contributed by atoms with Gasteiger partial charge in [-0.05, 0) is 41.6 Å². The molecule has 0 aliphatic heterocycles. The molecule has 0 atom stereocenters. The molecular formula is C23H20N4O4S. The Morgan fingerprint density at radius 1 is 1.12 bits per heavy atom. The van der Waals surface area contributed by atoms with E-state index in [1.807, 2.05) is 6.07 Å². The first-order valence-electron chi connectivity index (χ1n) is 10.1. The molecule has 0 saturated heterocycles. The molecule has 9 heteroatoms. The highest BCUT2D eigenvalue weighted by Crippen LogP contribution is 2.17. The maximum absolute atomic E-state index is 13.2. The smallest absolute Gasteiger partial charge is 0.331 e. The number of carbonyl (C=O) groups excluding carboxylic acids is 1. The molecule has 0 aliphatic carbocycles. The highest BCUT2D eigenvalue weighted by Gasteiger charge is 2.16. The highest BCUT2D eigenvalue weighted by atomic mass is 32.1. The summed E-state index contributed by atoms with van der Waals surface area (Å²) in [6, 6.07) is 14.5. The summed E-state index contributed by atoms with van der Waals surface area (Å²) in [5, 5.41) is 13.9. The van der Waals surface area contributed by atoms with Crippen molar-refractivity contribution in [1.82, 2.24) is 14.5 Å². The van der Waals surface area contributed by atoms with E-state index < -0.39 is 5.69 Å². The van der Waals surface area contributed by atoms with Gasteiger partial charge in [0.25, 0.3) is 5.56 Å². The summed E-state index contributed by atoms with van der Waals surface area (Å²) in [5.74, 6) is 0.466. The van der Waals surface area contributed by atoms with Crippen LogP contribution in [-0.4, -0.2) is 15.0 Å². The van der Waals surface area contributed by atoms with Gasteiger partial charge in [-0.25, -0.2) is 4.79 Å². The van der Waals surface area contributed by atoms with Crippen LogP contribution < -0.4 is 16.6 Å². The molecule has 4 rings (SSSR count). The van der Waals surface area contributed by atoms with Crippen LogP contribution >= 0.6 is 11.3 Å². The number of nitrogens with one attached hydrogen (secondary N) is 1. The summed E-state index contributed by atoms with van der Waals surface area (Å²) in [5.41, 5.74) is 0.913. The van der Waals surface area contributed by atoms with Crippen molar-refractivity contribution in [3.8, 4) is 6.07 Å². The number of thiophene rings is 1. The van der Waals surface area contributed by atoms with E-state index in [4.69, 9.17) is 4.42 Å². The molecule has 0 radical (unpaired) electrons. The Morgan fingerprint density at radius 2 is 1.97 bits per heavy atom. The lowest BCUT2D eigenvalue weighted by molar-refractivity contribution is -0.121.